The predicted octanol–water partition coefficient (Wildman–Crippen LogP) is 3.45. The summed E-state index contributed by atoms with van der Waals surface area (Å²) in [5, 5.41) is 5.69. The van der Waals surface area contributed by atoms with Crippen LogP contribution in [0.2, 0.25) is 5.02 Å². The lowest BCUT2D eigenvalue weighted by Gasteiger charge is -1.96. The van der Waals surface area contributed by atoms with Gasteiger partial charge in [0.25, 0.3) is 0 Å². The molecule has 0 saturated heterocycles. The molecule has 2 aromatic rings. The molecule has 1 aromatic carbocycles. The summed E-state index contributed by atoms with van der Waals surface area (Å²) in [6.07, 6.45) is 4.79. The zero-order valence-corrected chi connectivity index (χ0v) is 10.3. The SMILES string of the molecule is O=C(/C=C/c1cccc(Cl)c1)Nc1nccs1. The Kier molecular flexibility index (Phi) is 3.90. The fraction of sp³-hybridized carbons (Fsp3) is 0. The molecule has 0 aliphatic heterocycles. The number of benzene rings is 1. The third kappa shape index (κ3) is 3.69. The monoisotopic (exact) mass is 264 g/mol. The minimum absolute atomic E-state index is 0.208. The molecule has 0 spiro atoms. The molecular formula is C12H9ClN2OS. The molecule has 0 fully saturated rings. The van der Waals surface area contributed by atoms with Gasteiger partial charge >= 0.3 is 0 Å². The van der Waals surface area contributed by atoms with E-state index in [2.05, 4.69) is 10.3 Å². The van der Waals surface area contributed by atoms with Gasteiger partial charge < -0.3 is 0 Å². The molecule has 0 aliphatic carbocycles. The van der Waals surface area contributed by atoms with Gasteiger partial charge in [0.05, 0.1) is 0 Å². The molecule has 86 valence electrons. The number of hydrogen-bond acceptors (Lipinski definition) is 3. The van der Waals surface area contributed by atoms with Crippen molar-refractivity contribution >= 4 is 40.1 Å². The molecule has 0 unspecified atom stereocenters. The highest BCUT2D eigenvalue weighted by Crippen LogP contribution is 2.13. The average molecular weight is 265 g/mol. The van der Waals surface area contributed by atoms with E-state index in [9.17, 15) is 4.79 Å². The van der Waals surface area contributed by atoms with E-state index in [-0.39, 0.29) is 5.91 Å². The zero-order chi connectivity index (χ0) is 12.1. The van der Waals surface area contributed by atoms with Crippen LogP contribution in [0.1, 0.15) is 5.56 Å². The Hall–Kier alpha value is -1.65. The molecule has 1 N–H and O–H groups in total. The van der Waals surface area contributed by atoms with E-state index in [0.29, 0.717) is 10.2 Å². The molecule has 0 bridgehead atoms. The minimum Gasteiger partial charge on any atom is -0.298 e. The van der Waals surface area contributed by atoms with Crippen molar-refractivity contribution in [2.45, 2.75) is 0 Å². The van der Waals surface area contributed by atoms with E-state index in [1.165, 1.54) is 17.4 Å². The van der Waals surface area contributed by atoms with E-state index in [0.717, 1.165) is 5.56 Å². The van der Waals surface area contributed by atoms with Gasteiger partial charge in [0, 0.05) is 22.7 Å². The van der Waals surface area contributed by atoms with E-state index in [1.807, 2.05) is 12.1 Å². The van der Waals surface area contributed by atoms with Crippen LogP contribution in [-0.2, 0) is 4.79 Å². The van der Waals surface area contributed by atoms with Crippen molar-refractivity contribution in [1.29, 1.82) is 0 Å². The van der Waals surface area contributed by atoms with Gasteiger partial charge in [-0.25, -0.2) is 4.98 Å². The minimum atomic E-state index is -0.208. The van der Waals surface area contributed by atoms with Crippen LogP contribution in [0.25, 0.3) is 6.08 Å². The maximum atomic E-state index is 11.5. The smallest absolute Gasteiger partial charge is 0.250 e. The van der Waals surface area contributed by atoms with Crippen molar-refractivity contribution in [3.63, 3.8) is 0 Å². The third-order valence-corrected chi connectivity index (χ3v) is 2.86. The van der Waals surface area contributed by atoms with Crippen LogP contribution in [0, 0.1) is 0 Å². The molecule has 0 radical (unpaired) electrons. The Morgan fingerprint density at radius 3 is 3.06 bits per heavy atom. The van der Waals surface area contributed by atoms with E-state index in [4.69, 9.17) is 11.6 Å². The van der Waals surface area contributed by atoms with Crippen molar-refractivity contribution < 1.29 is 4.79 Å². The average Bonchev–Trinajstić information content (AvgIpc) is 2.79. The summed E-state index contributed by atoms with van der Waals surface area (Å²) >= 11 is 7.21. The summed E-state index contributed by atoms with van der Waals surface area (Å²) < 4.78 is 0. The van der Waals surface area contributed by atoms with Crippen molar-refractivity contribution in [3.8, 4) is 0 Å². The number of carbonyl (C=O) groups excluding carboxylic acids is 1. The number of amides is 1. The molecule has 3 nitrogen and oxygen atoms in total. The molecular weight excluding hydrogens is 256 g/mol. The first kappa shape index (κ1) is 11.8. The van der Waals surface area contributed by atoms with Gasteiger partial charge in [0.1, 0.15) is 0 Å². The van der Waals surface area contributed by atoms with Crippen molar-refractivity contribution in [1.82, 2.24) is 4.98 Å². The van der Waals surface area contributed by atoms with Crippen molar-refractivity contribution in [2.75, 3.05) is 5.32 Å². The van der Waals surface area contributed by atoms with Crippen molar-refractivity contribution in [3.05, 3.63) is 52.5 Å². The molecule has 0 atom stereocenters. The Balaban J connectivity index is 1.99. The van der Waals surface area contributed by atoms with Crippen molar-refractivity contribution in [2.24, 2.45) is 0 Å². The molecule has 1 amide bonds. The first-order valence-corrected chi connectivity index (χ1v) is 6.14. The van der Waals surface area contributed by atoms with E-state index in [1.54, 1.807) is 29.8 Å². The van der Waals surface area contributed by atoms with Crippen LogP contribution in [0.3, 0.4) is 0 Å². The standard InChI is InChI=1S/C12H9ClN2OS/c13-10-3-1-2-9(8-10)4-5-11(16)15-12-14-6-7-17-12/h1-8H,(H,14,15,16)/b5-4+. The number of aromatic nitrogens is 1. The first-order valence-electron chi connectivity index (χ1n) is 4.88. The third-order valence-electron chi connectivity index (χ3n) is 1.94. The number of carbonyl (C=O) groups is 1. The lowest BCUT2D eigenvalue weighted by Crippen LogP contribution is -2.06. The fourth-order valence-corrected chi connectivity index (χ4v) is 1.94. The molecule has 1 aromatic heterocycles. The van der Waals surface area contributed by atoms with Crippen LogP contribution in [0.15, 0.2) is 41.9 Å². The maximum Gasteiger partial charge on any atom is 0.250 e. The summed E-state index contributed by atoms with van der Waals surface area (Å²) in [5.41, 5.74) is 0.881. The second-order valence-corrected chi connectivity index (χ2v) is 4.55. The Bertz CT molecular complexity index is 537. The normalized spacial score (nSPS) is 10.6. The van der Waals surface area contributed by atoms with Gasteiger partial charge in [-0.1, -0.05) is 23.7 Å². The fourth-order valence-electron chi connectivity index (χ4n) is 1.21. The van der Waals surface area contributed by atoms with Crippen LogP contribution in [0.4, 0.5) is 5.13 Å². The Morgan fingerprint density at radius 1 is 1.47 bits per heavy atom. The largest absolute Gasteiger partial charge is 0.298 e. The Morgan fingerprint density at radius 2 is 2.35 bits per heavy atom. The first-order chi connectivity index (χ1) is 8.24. The number of hydrogen-bond donors (Lipinski definition) is 1. The lowest BCUT2D eigenvalue weighted by atomic mass is 10.2. The van der Waals surface area contributed by atoms with Gasteiger partial charge in [-0.05, 0) is 23.8 Å². The molecule has 17 heavy (non-hydrogen) atoms. The van der Waals surface area contributed by atoms with Gasteiger partial charge in [-0.3, -0.25) is 10.1 Å². The van der Waals surface area contributed by atoms with Crippen LogP contribution in [0.5, 0.6) is 0 Å². The van der Waals surface area contributed by atoms with E-state index >= 15 is 0 Å². The summed E-state index contributed by atoms with van der Waals surface area (Å²) in [4.78, 5) is 15.5. The summed E-state index contributed by atoms with van der Waals surface area (Å²) in [5.74, 6) is -0.208. The zero-order valence-electron chi connectivity index (χ0n) is 8.76. The number of nitrogens with zero attached hydrogens (tertiary/aromatic N) is 1. The molecule has 1 heterocycles. The van der Waals surface area contributed by atoms with Gasteiger partial charge in [0.2, 0.25) is 5.91 Å². The molecule has 5 heteroatoms. The summed E-state index contributed by atoms with van der Waals surface area (Å²) in [6.45, 7) is 0. The van der Waals surface area contributed by atoms with Crippen LogP contribution < -0.4 is 5.32 Å². The number of rotatable bonds is 3. The summed E-state index contributed by atoms with van der Waals surface area (Å²) in [6, 6.07) is 7.28. The van der Waals surface area contributed by atoms with Gasteiger partial charge in [0.15, 0.2) is 5.13 Å². The summed E-state index contributed by atoms with van der Waals surface area (Å²) in [7, 11) is 0. The highest BCUT2D eigenvalue weighted by molar-refractivity contribution is 7.13. The predicted molar refractivity (Wildman–Crippen MR) is 71.2 cm³/mol. The van der Waals surface area contributed by atoms with Crippen LogP contribution in [-0.4, -0.2) is 10.9 Å². The quantitative estimate of drug-likeness (QED) is 0.863. The number of thiazole rings is 1. The van der Waals surface area contributed by atoms with Gasteiger partial charge in [-0.2, -0.15) is 0 Å². The maximum absolute atomic E-state index is 11.5. The Labute approximate surface area is 108 Å². The molecule has 0 saturated carbocycles. The number of nitrogens with one attached hydrogen (secondary N) is 1. The second kappa shape index (κ2) is 5.61. The topological polar surface area (TPSA) is 42.0 Å². The van der Waals surface area contributed by atoms with E-state index < -0.39 is 0 Å². The number of halogens is 1. The number of anilines is 1. The highest BCUT2D eigenvalue weighted by Gasteiger charge is 1.99. The molecule has 2 rings (SSSR count). The van der Waals surface area contributed by atoms with Gasteiger partial charge in [-0.15, -0.1) is 11.3 Å². The highest BCUT2D eigenvalue weighted by atomic mass is 35.5. The lowest BCUT2D eigenvalue weighted by molar-refractivity contribution is -0.111. The van der Waals surface area contributed by atoms with Crippen LogP contribution >= 0.6 is 22.9 Å². The molecule has 0 aliphatic rings. The second-order valence-electron chi connectivity index (χ2n) is 3.21.